The summed E-state index contributed by atoms with van der Waals surface area (Å²) in [6.45, 7) is 4.09. The van der Waals surface area contributed by atoms with Crippen molar-refractivity contribution in [3.8, 4) is 0 Å². The summed E-state index contributed by atoms with van der Waals surface area (Å²) in [5.74, 6) is 0.382. The number of benzene rings is 1. The van der Waals surface area contributed by atoms with Crippen molar-refractivity contribution in [2.75, 3.05) is 0 Å². The molecule has 0 aliphatic rings. The molecule has 112 valence electrons. The van der Waals surface area contributed by atoms with Crippen LogP contribution in [0, 0.1) is 0 Å². The molecular formula is C16H20N2O3. The first kappa shape index (κ1) is 15.2. The second-order valence-electron chi connectivity index (χ2n) is 5.59. The van der Waals surface area contributed by atoms with Crippen molar-refractivity contribution in [1.82, 2.24) is 10.2 Å². The fourth-order valence-corrected chi connectivity index (χ4v) is 2.14. The van der Waals surface area contributed by atoms with Crippen LogP contribution in [0.3, 0.4) is 0 Å². The lowest BCUT2D eigenvalue weighted by Crippen LogP contribution is -2.19. The van der Waals surface area contributed by atoms with Gasteiger partial charge in [-0.25, -0.2) is 0 Å². The number of aryl methyl sites for hydroxylation is 1. The molecule has 1 aromatic carbocycles. The molecule has 0 spiro atoms. The third-order valence-electron chi connectivity index (χ3n) is 3.53. The molecule has 5 nitrogen and oxygen atoms in total. The van der Waals surface area contributed by atoms with Gasteiger partial charge in [-0.05, 0) is 32.3 Å². The van der Waals surface area contributed by atoms with E-state index in [-0.39, 0.29) is 11.8 Å². The Hall–Kier alpha value is -2.17. The van der Waals surface area contributed by atoms with Crippen LogP contribution in [-0.2, 0) is 16.6 Å². The van der Waals surface area contributed by atoms with Crippen LogP contribution in [0.1, 0.15) is 50.5 Å². The molecule has 21 heavy (non-hydrogen) atoms. The van der Waals surface area contributed by atoms with Crippen molar-refractivity contribution in [3.05, 3.63) is 47.7 Å². The highest BCUT2D eigenvalue weighted by atomic mass is 16.4. The lowest BCUT2D eigenvalue weighted by atomic mass is 9.85. The number of carboxylic acids is 1. The Morgan fingerprint density at radius 3 is 2.57 bits per heavy atom. The molecule has 0 saturated heterocycles. The second kappa shape index (κ2) is 6.52. The normalized spacial score (nSPS) is 11.5. The van der Waals surface area contributed by atoms with E-state index >= 15 is 0 Å². The summed E-state index contributed by atoms with van der Waals surface area (Å²) in [5.41, 5.74) is 0.777. The van der Waals surface area contributed by atoms with Crippen molar-refractivity contribution in [2.45, 2.75) is 44.9 Å². The minimum absolute atomic E-state index is 0.177. The van der Waals surface area contributed by atoms with Gasteiger partial charge in [0.25, 0.3) is 0 Å². The molecule has 0 amide bonds. The Morgan fingerprint density at radius 1 is 1.19 bits per heavy atom. The van der Waals surface area contributed by atoms with Gasteiger partial charge in [0.2, 0.25) is 11.8 Å². The molecule has 0 bridgehead atoms. The predicted molar refractivity (Wildman–Crippen MR) is 78.1 cm³/mol. The van der Waals surface area contributed by atoms with Crippen molar-refractivity contribution >= 4 is 5.97 Å². The summed E-state index contributed by atoms with van der Waals surface area (Å²) >= 11 is 0. The third kappa shape index (κ3) is 3.90. The molecule has 2 rings (SSSR count). The van der Waals surface area contributed by atoms with Gasteiger partial charge in [0, 0.05) is 12.8 Å². The molecule has 1 heterocycles. The molecule has 5 heteroatoms. The summed E-state index contributed by atoms with van der Waals surface area (Å²) in [7, 11) is 0. The van der Waals surface area contributed by atoms with Crippen LogP contribution in [0.15, 0.2) is 34.7 Å². The van der Waals surface area contributed by atoms with Crippen molar-refractivity contribution < 1.29 is 14.3 Å². The average molecular weight is 288 g/mol. The Kier molecular flexibility index (Phi) is 4.73. The minimum atomic E-state index is -0.772. The molecule has 0 aliphatic heterocycles. The van der Waals surface area contributed by atoms with Gasteiger partial charge in [0.1, 0.15) is 0 Å². The Balaban J connectivity index is 2.00. The van der Waals surface area contributed by atoms with Crippen LogP contribution in [0.5, 0.6) is 0 Å². The Morgan fingerprint density at radius 2 is 1.90 bits per heavy atom. The van der Waals surface area contributed by atoms with Crippen molar-refractivity contribution in [2.24, 2.45) is 0 Å². The number of nitrogens with zero attached hydrogens (tertiary/aromatic N) is 2. The van der Waals surface area contributed by atoms with E-state index < -0.39 is 5.97 Å². The number of carbonyl (C=O) groups is 1. The Bertz CT molecular complexity index is 591. The first-order chi connectivity index (χ1) is 10.00. The minimum Gasteiger partial charge on any atom is -0.481 e. The first-order valence-corrected chi connectivity index (χ1v) is 7.10. The highest BCUT2D eigenvalue weighted by molar-refractivity contribution is 5.66. The zero-order valence-corrected chi connectivity index (χ0v) is 12.4. The van der Waals surface area contributed by atoms with Crippen LogP contribution in [0.4, 0.5) is 0 Å². The SMILES string of the molecule is CC(C)(c1ccccc1)c1nnc(CCCCC(=O)O)o1. The number of hydrogen-bond acceptors (Lipinski definition) is 4. The number of aliphatic carboxylic acids is 1. The fourth-order valence-electron chi connectivity index (χ4n) is 2.14. The van der Waals surface area contributed by atoms with E-state index in [1.54, 1.807) is 0 Å². The highest BCUT2D eigenvalue weighted by Gasteiger charge is 2.29. The number of carboxylic acid groups (broad SMARTS) is 1. The standard InChI is InChI=1S/C16H20N2O3/c1-16(2,12-8-4-3-5-9-12)15-18-17-13(21-15)10-6-7-11-14(19)20/h3-5,8-9H,6-7,10-11H2,1-2H3,(H,19,20). The van der Waals surface area contributed by atoms with Crippen LogP contribution in [-0.4, -0.2) is 21.3 Å². The summed E-state index contributed by atoms with van der Waals surface area (Å²) in [6.07, 6.45) is 2.15. The average Bonchev–Trinajstić information content (AvgIpc) is 2.94. The lowest BCUT2D eigenvalue weighted by molar-refractivity contribution is -0.137. The molecule has 0 radical (unpaired) electrons. The van der Waals surface area contributed by atoms with E-state index in [2.05, 4.69) is 10.2 Å². The van der Waals surface area contributed by atoms with Crippen LogP contribution < -0.4 is 0 Å². The molecule has 2 aromatic rings. The van der Waals surface area contributed by atoms with Crippen molar-refractivity contribution in [1.29, 1.82) is 0 Å². The molecule has 0 saturated carbocycles. The third-order valence-corrected chi connectivity index (χ3v) is 3.53. The topological polar surface area (TPSA) is 76.2 Å². The van der Waals surface area contributed by atoms with E-state index in [1.807, 2.05) is 44.2 Å². The van der Waals surface area contributed by atoms with E-state index in [0.29, 0.717) is 24.6 Å². The number of unbranched alkanes of at least 4 members (excludes halogenated alkanes) is 1. The van der Waals surface area contributed by atoms with Gasteiger partial charge in [-0.1, -0.05) is 30.3 Å². The van der Waals surface area contributed by atoms with Crippen molar-refractivity contribution in [3.63, 3.8) is 0 Å². The van der Waals surface area contributed by atoms with Gasteiger partial charge in [-0.3, -0.25) is 4.79 Å². The molecule has 0 atom stereocenters. The summed E-state index contributed by atoms with van der Waals surface area (Å²) in [6, 6.07) is 10.0. The van der Waals surface area contributed by atoms with Gasteiger partial charge in [-0.15, -0.1) is 10.2 Å². The monoisotopic (exact) mass is 288 g/mol. The Labute approximate surface area is 124 Å². The largest absolute Gasteiger partial charge is 0.481 e. The molecule has 0 fully saturated rings. The summed E-state index contributed by atoms with van der Waals surface area (Å²) in [4.78, 5) is 10.5. The van der Waals surface area contributed by atoms with E-state index in [9.17, 15) is 4.79 Å². The number of rotatable bonds is 7. The molecular weight excluding hydrogens is 268 g/mol. The molecule has 0 unspecified atom stereocenters. The predicted octanol–water partition coefficient (Wildman–Crippen LogP) is 3.19. The van der Waals surface area contributed by atoms with Crippen LogP contribution >= 0.6 is 0 Å². The van der Waals surface area contributed by atoms with Crippen LogP contribution in [0.25, 0.3) is 0 Å². The van der Waals surface area contributed by atoms with E-state index in [1.165, 1.54) is 0 Å². The maximum Gasteiger partial charge on any atom is 0.303 e. The lowest BCUT2D eigenvalue weighted by Gasteiger charge is -2.20. The highest BCUT2D eigenvalue weighted by Crippen LogP contribution is 2.30. The quantitative estimate of drug-likeness (QED) is 0.792. The fraction of sp³-hybridized carbons (Fsp3) is 0.438. The maximum atomic E-state index is 10.5. The van der Waals surface area contributed by atoms with Gasteiger partial charge >= 0.3 is 5.97 Å². The zero-order chi connectivity index (χ0) is 15.3. The van der Waals surface area contributed by atoms with Gasteiger partial charge < -0.3 is 9.52 Å². The summed E-state index contributed by atoms with van der Waals surface area (Å²) < 4.78 is 5.74. The maximum absolute atomic E-state index is 10.5. The van der Waals surface area contributed by atoms with E-state index in [0.717, 1.165) is 12.0 Å². The van der Waals surface area contributed by atoms with Gasteiger partial charge in [0.15, 0.2) is 0 Å². The summed E-state index contributed by atoms with van der Waals surface area (Å²) in [5, 5.41) is 16.8. The van der Waals surface area contributed by atoms with E-state index in [4.69, 9.17) is 9.52 Å². The zero-order valence-electron chi connectivity index (χ0n) is 12.4. The van der Waals surface area contributed by atoms with Crippen LogP contribution in [0.2, 0.25) is 0 Å². The molecule has 0 aliphatic carbocycles. The smallest absolute Gasteiger partial charge is 0.303 e. The molecule has 1 aromatic heterocycles. The second-order valence-corrected chi connectivity index (χ2v) is 5.59. The molecule has 1 N–H and O–H groups in total. The van der Waals surface area contributed by atoms with Gasteiger partial charge in [0.05, 0.1) is 5.41 Å². The first-order valence-electron chi connectivity index (χ1n) is 7.10. The number of hydrogen-bond donors (Lipinski definition) is 1. The number of aromatic nitrogens is 2. The van der Waals surface area contributed by atoms with Gasteiger partial charge in [-0.2, -0.15) is 0 Å².